The van der Waals surface area contributed by atoms with Crippen LogP contribution >= 0.6 is 0 Å². The zero-order valence-electron chi connectivity index (χ0n) is 7.99. The monoisotopic (exact) mass is 231 g/mol. The second-order valence-corrected chi connectivity index (χ2v) is 3.27. The summed E-state index contributed by atoms with van der Waals surface area (Å²) in [6.07, 6.45) is -2.98. The van der Waals surface area contributed by atoms with Gasteiger partial charge in [-0.1, -0.05) is 0 Å². The van der Waals surface area contributed by atoms with Crippen LogP contribution in [0.25, 0.3) is 0 Å². The summed E-state index contributed by atoms with van der Waals surface area (Å²) in [6, 6.07) is -1.77. The van der Waals surface area contributed by atoms with Gasteiger partial charge in [0.25, 0.3) is 5.91 Å². The zero-order valence-corrected chi connectivity index (χ0v) is 7.99. The maximum atomic E-state index is 11.2. The molecule has 0 aliphatic carbocycles. The number of hydrogen-bond acceptors (Lipinski definition) is 5. The van der Waals surface area contributed by atoms with Crippen LogP contribution in [0.1, 0.15) is 12.8 Å². The van der Waals surface area contributed by atoms with E-state index in [4.69, 9.17) is 15.3 Å². The van der Waals surface area contributed by atoms with E-state index in [0.717, 1.165) is 0 Å². The fourth-order valence-electron chi connectivity index (χ4n) is 1.42. The van der Waals surface area contributed by atoms with E-state index >= 15 is 0 Å². The van der Waals surface area contributed by atoms with E-state index in [1.165, 1.54) is 0 Å². The first-order valence-electron chi connectivity index (χ1n) is 4.33. The molecule has 1 aliphatic rings. The van der Waals surface area contributed by atoms with Crippen molar-refractivity contribution >= 4 is 23.8 Å². The number of hydrogen-bond donors (Lipinski definition) is 3. The molecule has 1 fully saturated rings. The smallest absolute Gasteiger partial charge is 0.327 e. The van der Waals surface area contributed by atoms with Crippen molar-refractivity contribution in [3.8, 4) is 0 Å². The van der Waals surface area contributed by atoms with E-state index in [1.54, 1.807) is 0 Å². The third-order valence-electron chi connectivity index (χ3n) is 2.12. The molecule has 1 saturated heterocycles. The number of carboxylic acids is 2. The maximum Gasteiger partial charge on any atom is 0.327 e. The molecule has 0 aromatic carbocycles. The lowest BCUT2D eigenvalue weighted by molar-refractivity contribution is -0.158. The summed E-state index contributed by atoms with van der Waals surface area (Å²) < 4.78 is 0. The van der Waals surface area contributed by atoms with Crippen molar-refractivity contribution in [2.75, 3.05) is 0 Å². The number of carbonyl (C=O) groups excluding carboxylic acids is 2. The first kappa shape index (κ1) is 12.1. The van der Waals surface area contributed by atoms with Gasteiger partial charge in [0.15, 0.2) is 0 Å². The Bertz CT molecular complexity index is 363. The first-order chi connectivity index (χ1) is 7.34. The Morgan fingerprint density at radius 2 is 1.94 bits per heavy atom. The van der Waals surface area contributed by atoms with Gasteiger partial charge in [0.1, 0.15) is 12.1 Å². The van der Waals surface area contributed by atoms with E-state index in [0.29, 0.717) is 4.90 Å². The Morgan fingerprint density at radius 1 is 1.38 bits per heavy atom. The number of imide groups is 1. The van der Waals surface area contributed by atoms with Gasteiger partial charge in [-0.2, -0.15) is 0 Å². The fourth-order valence-corrected chi connectivity index (χ4v) is 1.42. The number of nitrogens with zero attached hydrogens (tertiary/aromatic N) is 1. The average Bonchev–Trinajstić information content (AvgIpc) is 2.38. The average molecular weight is 231 g/mol. The van der Waals surface area contributed by atoms with Crippen molar-refractivity contribution in [1.82, 2.24) is 4.90 Å². The Balaban J connectivity index is 2.94. The summed E-state index contributed by atoms with van der Waals surface area (Å²) in [4.78, 5) is 43.9. The molecule has 8 nitrogen and oxygen atoms in total. The second kappa shape index (κ2) is 4.27. The predicted octanol–water partition coefficient (Wildman–Crippen LogP) is -1.97. The van der Waals surface area contributed by atoms with Crippen LogP contribution in [0.2, 0.25) is 0 Å². The van der Waals surface area contributed by atoms with Gasteiger partial charge in [-0.3, -0.25) is 19.3 Å². The van der Waals surface area contributed by atoms with Gasteiger partial charge in [-0.15, -0.1) is 0 Å². The molecule has 2 amide bonds. The summed E-state index contributed by atoms with van der Waals surface area (Å²) in [5, 5.41) is 26.2. The van der Waals surface area contributed by atoms with Gasteiger partial charge in [-0.25, -0.2) is 4.79 Å². The van der Waals surface area contributed by atoms with Crippen molar-refractivity contribution in [3.63, 3.8) is 0 Å². The van der Waals surface area contributed by atoms with Gasteiger partial charge in [0, 0.05) is 0 Å². The van der Waals surface area contributed by atoms with Gasteiger partial charge in [-0.05, 0) is 0 Å². The number of carbonyl (C=O) groups is 4. The number of carboxylic acid groups (broad SMARTS) is 2. The van der Waals surface area contributed by atoms with Gasteiger partial charge in [0.05, 0.1) is 12.8 Å². The molecule has 3 N–H and O–H groups in total. The van der Waals surface area contributed by atoms with E-state index < -0.39 is 48.7 Å². The lowest BCUT2D eigenvalue weighted by Crippen LogP contribution is -2.46. The van der Waals surface area contributed by atoms with Crippen molar-refractivity contribution < 1.29 is 34.5 Å². The van der Waals surface area contributed by atoms with Crippen LogP contribution in [0.5, 0.6) is 0 Å². The lowest BCUT2D eigenvalue weighted by atomic mass is 10.2. The standard InChI is InChI=1S/C8H9NO7/c10-4-2-5(11)9(7(4)14)3(8(15)16)1-6(12)13/h3-4,10H,1-2H2,(H,12,13)(H,15,16)/t3-,4?/m0/s1. The quantitative estimate of drug-likeness (QED) is 0.478. The molecule has 0 aromatic heterocycles. The minimum atomic E-state index is -1.77. The van der Waals surface area contributed by atoms with Crippen LogP contribution in [0.3, 0.4) is 0 Å². The molecule has 16 heavy (non-hydrogen) atoms. The van der Waals surface area contributed by atoms with Crippen molar-refractivity contribution in [2.45, 2.75) is 25.0 Å². The molecule has 0 saturated carbocycles. The number of likely N-dealkylation sites (tertiary alicyclic amines) is 1. The number of rotatable bonds is 4. The summed E-state index contributed by atoms with van der Waals surface area (Å²) in [7, 11) is 0. The lowest BCUT2D eigenvalue weighted by Gasteiger charge is -2.20. The molecule has 0 aromatic rings. The van der Waals surface area contributed by atoms with Crippen LogP contribution in [-0.4, -0.2) is 56.1 Å². The molecule has 1 unspecified atom stereocenters. The highest BCUT2D eigenvalue weighted by molar-refractivity contribution is 6.07. The third-order valence-corrected chi connectivity index (χ3v) is 2.12. The summed E-state index contributed by atoms with van der Waals surface area (Å²) in [6.45, 7) is 0. The van der Waals surface area contributed by atoms with Crippen LogP contribution < -0.4 is 0 Å². The first-order valence-corrected chi connectivity index (χ1v) is 4.33. The molecule has 88 valence electrons. The molecule has 1 aliphatic heterocycles. The van der Waals surface area contributed by atoms with Gasteiger partial charge >= 0.3 is 11.9 Å². The molecule has 8 heteroatoms. The van der Waals surface area contributed by atoms with Crippen molar-refractivity contribution in [2.24, 2.45) is 0 Å². The Labute approximate surface area is 89.1 Å². The summed E-state index contributed by atoms with van der Waals surface area (Å²) >= 11 is 0. The van der Waals surface area contributed by atoms with Crippen LogP contribution in [-0.2, 0) is 19.2 Å². The summed E-state index contributed by atoms with van der Waals surface area (Å²) in [5.41, 5.74) is 0. The molecule has 0 radical (unpaired) electrons. The normalized spacial score (nSPS) is 22.3. The van der Waals surface area contributed by atoms with Crippen LogP contribution in [0.4, 0.5) is 0 Å². The highest BCUT2D eigenvalue weighted by Crippen LogP contribution is 2.18. The van der Waals surface area contributed by atoms with Crippen molar-refractivity contribution in [3.05, 3.63) is 0 Å². The molecular weight excluding hydrogens is 222 g/mol. The minimum Gasteiger partial charge on any atom is -0.481 e. The zero-order chi connectivity index (χ0) is 12.5. The molecule has 0 bridgehead atoms. The number of aliphatic carboxylic acids is 2. The largest absolute Gasteiger partial charge is 0.481 e. The molecular formula is C8H9NO7. The molecule has 1 rings (SSSR count). The Kier molecular flexibility index (Phi) is 3.23. The maximum absolute atomic E-state index is 11.2. The number of aliphatic hydroxyl groups excluding tert-OH is 1. The second-order valence-electron chi connectivity index (χ2n) is 3.27. The van der Waals surface area contributed by atoms with E-state index in [2.05, 4.69) is 0 Å². The van der Waals surface area contributed by atoms with Crippen molar-refractivity contribution in [1.29, 1.82) is 0 Å². The van der Waals surface area contributed by atoms with Crippen LogP contribution in [0, 0.1) is 0 Å². The van der Waals surface area contributed by atoms with E-state index in [-0.39, 0.29) is 0 Å². The topological polar surface area (TPSA) is 132 Å². The Hall–Kier alpha value is -1.96. The molecule has 1 heterocycles. The molecule has 2 atom stereocenters. The Morgan fingerprint density at radius 3 is 2.25 bits per heavy atom. The van der Waals surface area contributed by atoms with Gasteiger partial charge in [0.2, 0.25) is 5.91 Å². The van der Waals surface area contributed by atoms with Gasteiger partial charge < -0.3 is 15.3 Å². The minimum absolute atomic E-state index is 0.293. The van der Waals surface area contributed by atoms with E-state index in [9.17, 15) is 19.2 Å². The van der Waals surface area contributed by atoms with E-state index in [1.807, 2.05) is 0 Å². The number of amides is 2. The predicted molar refractivity (Wildman–Crippen MR) is 46.2 cm³/mol. The highest BCUT2D eigenvalue weighted by atomic mass is 16.4. The van der Waals surface area contributed by atoms with Crippen LogP contribution in [0.15, 0.2) is 0 Å². The number of aliphatic hydroxyl groups is 1. The highest BCUT2D eigenvalue weighted by Gasteiger charge is 2.44. The fraction of sp³-hybridized carbons (Fsp3) is 0.500. The SMILES string of the molecule is O=C(O)C[C@@H](C(=O)O)N1C(=O)CC(O)C1=O. The summed E-state index contributed by atoms with van der Waals surface area (Å²) in [5.74, 6) is -5.00. The molecule has 0 spiro atoms. The third kappa shape index (κ3) is 2.16.